The van der Waals surface area contributed by atoms with Gasteiger partial charge in [0.15, 0.2) is 0 Å². The summed E-state index contributed by atoms with van der Waals surface area (Å²) in [6.07, 6.45) is 0.631. The minimum absolute atomic E-state index is 0.402. The molecule has 0 aliphatic carbocycles. The summed E-state index contributed by atoms with van der Waals surface area (Å²) in [5.41, 5.74) is 9.28. The van der Waals surface area contributed by atoms with Crippen molar-refractivity contribution < 1.29 is 4.79 Å². The zero-order chi connectivity index (χ0) is 18.1. The first-order valence-electron chi connectivity index (χ1n) is 8.76. The van der Waals surface area contributed by atoms with E-state index in [2.05, 4.69) is 21.3 Å². The van der Waals surface area contributed by atoms with Gasteiger partial charge in [0, 0.05) is 47.7 Å². The molecule has 4 N–H and O–H groups in total. The van der Waals surface area contributed by atoms with Gasteiger partial charge in [-0.25, -0.2) is 0 Å². The Hall–Kier alpha value is -2.50. The van der Waals surface area contributed by atoms with Crippen LogP contribution in [-0.4, -0.2) is 37.1 Å². The number of piperazine rings is 1. The number of nitrogens with one attached hydrogen (secondary N) is 2. The molecule has 0 atom stereocenters. The van der Waals surface area contributed by atoms with Crippen molar-refractivity contribution >= 4 is 34.2 Å². The van der Waals surface area contributed by atoms with E-state index in [4.69, 9.17) is 17.3 Å². The van der Waals surface area contributed by atoms with Crippen LogP contribution in [0, 0.1) is 0 Å². The SMILES string of the molecule is NC(=O)c1ccc2[nH]c(N3CCNCC3)cc2c1Cc1ccc(Cl)cc1. The minimum atomic E-state index is -0.402. The van der Waals surface area contributed by atoms with Gasteiger partial charge in [-0.1, -0.05) is 23.7 Å². The Kier molecular flexibility index (Phi) is 4.57. The maximum absolute atomic E-state index is 12.0. The lowest BCUT2D eigenvalue weighted by molar-refractivity contribution is 0.0999. The lowest BCUT2D eigenvalue weighted by Crippen LogP contribution is -2.43. The Labute approximate surface area is 157 Å². The van der Waals surface area contributed by atoms with Crippen LogP contribution in [0.5, 0.6) is 0 Å². The Morgan fingerprint density at radius 2 is 1.85 bits per heavy atom. The molecule has 1 aliphatic heterocycles. The fraction of sp³-hybridized carbons (Fsp3) is 0.250. The molecule has 134 valence electrons. The molecule has 4 rings (SSSR count). The van der Waals surface area contributed by atoms with Gasteiger partial charge in [0.1, 0.15) is 5.82 Å². The second kappa shape index (κ2) is 7.02. The van der Waals surface area contributed by atoms with Crippen LogP contribution < -0.4 is 16.0 Å². The number of hydrogen-bond donors (Lipinski definition) is 3. The van der Waals surface area contributed by atoms with E-state index in [1.54, 1.807) is 0 Å². The summed E-state index contributed by atoms with van der Waals surface area (Å²) in [6.45, 7) is 3.86. The van der Waals surface area contributed by atoms with Crippen molar-refractivity contribution in [1.29, 1.82) is 0 Å². The fourth-order valence-corrected chi connectivity index (χ4v) is 3.68. The number of halogens is 1. The van der Waals surface area contributed by atoms with E-state index < -0.39 is 5.91 Å². The molecule has 26 heavy (non-hydrogen) atoms. The molecule has 0 saturated carbocycles. The zero-order valence-electron chi connectivity index (χ0n) is 14.4. The molecule has 0 unspecified atom stereocenters. The number of aromatic nitrogens is 1. The van der Waals surface area contributed by atoms with Gasteiger partial charge in [-0.15, -0.1) is 0 Å². The monoisotopic (exact) mass is 368 g/mol. The third-order valence-electron chi connectivity index (χ3n) is 4.92. The predicted octanol–water partition coefficient (Wildman–Crippen LogP) is 2.92. The molecule has 1 amide bonds. The first kappa shape index (κ1) is 16.9. The molecule has 1 saturated heterocycles. The molecule has 1 aliphatic rings. The van der Waals surface area contributed by atoms with E-state index >= 15 is 0 Å². The number of nitrogens with two attached hydrogens (primary N) is 1. The number of aromatic amines is 1. The van der Waals surface area contributed by atoms with Crippen LogP contribution in [0.25, 0.3) is 10.9 Å². The van der Waals surface area contributed by atoms with Crippen molar-refractivity contribution in [1.82, 2.24) is 10.3 Å². The first-order valence-corrected chi connectivity index (χ1v) is 9.14. The number of benzene rings is 2. The van der Waals surface area contributed by atoms with Crippen LogP contribution in [-0.2, 0) is 6.42 Å². The van der Waals surface area contributed by atoms with Crippen molar-refractivity contribution in [2.24, 2.45) is 5.73 Å². The summed E-state index contributed by atoms with van der Waals surface area (Å²) >= 11 is 5.99. The molecule has 0 spiro atoms. The number of primary amides is 1. The molecule has 0 radical (unpaired) electrons. The molecule has 3 aromatic rings. The van der Waals surface area contributed by atoms with Crippen LogP contribution in [0.15, 0.2) is 42.5 Å². The lowest BCUT2D eigenvalue weighted by Gasteiger charge is -2.27. The van der Waals surface area contributed by atoms with E-state index in [1.165, 1.54) is 0 Å². The smallest absolute Gasteiger partial charge is 0.249 e. The maximum atomic E-state index is 12.0. The van der Waals surface area contributed by atoms with Gasteiger partial charge in [0.05, 0.1) is 0 Å². The van der Waals surface area contributed by atoms with E-state index in [1.807, 2.05) is 36.4 Å². The largest absolute Gasteiger partial charge is 0.366 e. The lowest BCUT2D eigenvalue weighted by atomic mass is 9.96. The molecule has 6 heteroatoms. The predicted molar refractivity (Wildman–Crippen MR) is 106 cm³/mol. The third-order valence-corrected chi connectivity index (χ3v) is 5.17. The second-order valence-electron chi connectivity index (χ2n) is 6.61. The van der Waals surface area contributed by atoms with E-state index in [9.17, 15) is 4.79 Å². The highest BCUT2D eigenvalue weighted by Crippen LogP contribution is 2.29. The van der Waals surface area contributed by atoms with Crippen molar-refractivity contribution in [3.63, 3.8) is 0 Å². The van der Waals surface area contributed by atoms with Crippen molar-refractivity contribution in [3.05, 3.63) is 64.2 Å². The number of fused-ring (bicyclic) bond motifs is 1. The van der Waals surface area contributed by atoms with Gasteiger partial charge in [0.25, 0.3) is 0 Å². The van der Waals surface area contributed by atoms with E-state index in [0.29, 0.717) is 17.0 Å². The van der Waals surface area contributed by atoms with Crippen LogP contribution in [0.3, 0.4) is 0 Å². The van der Waals surface area contributed by atoms with Crippen LogP contribution in [0.4, 0.5) is 5.82 Å². The number of H-pyrrole nitrogens is 1. The van der Waals surface area contributed by atoms with Crippen LogP contribution in [0.1, 0.15) is 21.5 Å². The number of anilines is 1. The summed E-state index contributed by atoms with van der Waals surface area (Å²) < 4.78 is 0. The average Bonchev–Trinajstić information content (AvgIpc) is 3.09. The Bertz CT molecular complexity index is 942. The van der Waals surface area contributed by atoms with E-state index in [0.717, 1.165) is 54.0 Å². The summed E-state index contributed by atoms with van der Waals surface area (Å²) in [7, 11) is 0. The van der Waals surface area contributed by atoms with E-state index in [-0.39, 0.29) is 0 Å². The second-order valence-corrected chi connectivity index (χ2v) is 7.05. The Morgan fingerprint density at radius 1 is 1.12 bits per heavy atom. The molecular weight excluding hydrogens is 348 g/mol. The molecule has 5 nitrogen and oxygen atoms in total. The number of hydrogen-bond acceptors (Lipinski definition) is 3. The number of amides is 1. The summed E-state index contributed by atoms with van der Waals surface area (Å²) in [5, 5.41) is 5.11. The average molecular weight is 369 g/mol. The van der Waals surface area contributed by atoms with Gasteiger partial charge in [-0.05, 0) is 47.9 Å². The molecule has 1 aromatic heterocycles. The van der Waals surface area contributed by atoms with Crippen molar-refractivity contribution in [2.45, 2.75) is 6.42 Å². The molecule has 0 bridgehead atoms. The highest BCUT2D eigenvalue weighted by atomic mass is 35.5. The van der Waals surface area contributed by atoms with Gasteiger partial charge in [0.2, 0.25) is 5.91 Å². The number of rotatable bonds is 4. The van der Waals surface area contributed by atoms with Crippen molar-refractivity contribution in [3.8, 4) is 0 Å². The van der Waals surface area contributed by atoms with Gasteiger partial charge >= 0.3 is 0 Å². The molecular formula is C20H21ClN4O. The standard InChI is InChI=1S/C20H21ClN4O/c21-14-3-1-13(2-4-14)11-16-15(20(22)26)5-6-18-17(16)12-19(24-18)25-9-7-23-8-10-25/h1-6,12,23-24H,7-11H2,(H2,22,26). The summed E-state index contributed by atoms with van der Waals surface area (Å²) in [5.74, 6) is 0.682. The minimum Gasteiger partial charge on any atom is -0.366 e. The highest BCUT2D eigenvalue weighted by molar-refractivity contribution is 6.30. The number of carbonyl (C=O) groups is 1. The molecule has 2 aromatic carbocycles. The van der Waals surface area contributed by atoms with Crippen molar-refractivity contribution in [2.75, 3.05) is 31.1 Å². The van der Waals surface area contributed by atoms with Crippen LogP contribution in [0.2, 0.25) is 5.02 Å². The van der Waals surface area contributed by atoms with Gasteiger partial charge in [-0.2, -0.15) is 0 Å². The molecule has 1 fully saturated rings. The van der Waals surface area contributed by atoms with Gasteiger partial charge < -0.3 is 20.9 Å². The van der Waals surface area contributed by atoms with Gasteiger partial charge in [-0.3, -0.25) is 4.79 Å². The zero-order valence-corrected chi connectivity index (χ0v) is 15.1. The third kappa shape index (κ3) is 3.28. The number of nitrogens with zero attached hydrogens (tertiary/aromatic N) is 1. The Balaban J connectivity index is 1.78. The topological polar surface area (TPSA) is 74.2 Å². The normalized spacial score (nSPS) is 14.7. The number of carbonyl (C=O) groups excluding carboxylic acids is 1. The highest BCUT2D eigenvalue weighted by Gasteiger charge is 2.18. The summed E-state index contributed by atoms with van der Waals surface area (Å²) in [4.78, 5) is 17.8. The summed E-state index contributed by atoms with van der Waals surface area (Å²) in [6, 6.07) is 13.6. The Morgan fingerprint density at radius 3 is 2.54 bits per heavy atom. The van der Waals surface area contributed by atoms with Crippen LogP contribution >= 0.6 is 11.6 Å². The first-order chi connectivity index (χ1) is 12.6. The fourth-order valence-electron chi connectivity index (χ4n) is 3.55. The maximum Gasteiger partial charge on any atom is 0.249 e. The molecule has 2 heterocycles. The quantitative estimate of drug-likeness (QED) is 0.662.